The van der Waals surface area contributed by atoms with Crippen LogP contribution in [0.4, 0.5) is 0 Å². The molecule has 3 nitrogen and oxygen atoms in total. The topological polar surface area (TPSA) is 42.0 Å². The first-order chi connectivity index (χ1) is 9.56. The number of rotatable bonds is 3. The number of carbonyl (C=O) groups is 1. The molecule has 0 spiro atoms. The predicted molar refractivity (Wildman–Crippen MR) is 90.0 cm³/mol. The zero-order chi connectivity index (χ0) is 15.8. The smallest absolute Gasteiger partial charge is 0.251 e. The van der Waals surface area contributed by atoms with Gasteiger partial charge in [0.2, 0.25) is 0 Å². The van der Waals surface area contributed by atoms with Crippen molar-refractivity contribution >= 4 is 27.5 Å². The van der Waals surface area contributed by atoms with Crippen molar-refractivity contribution in [2.45, 2.75) is 53.5 Å². The van der Waals surface area contributed by atoms with Gasteiger partial charge in [-0.05, 0) is 50.8 Å². The summed E-state index contributed by atoms with van der Waals surface area (Å²) in [5.74, 6) is -0.0165. The number of thiazole rings is 1. The van der Waals surface area contributed by atoms with Crippen LogP contribution in [0.25, 0.3) is 10.2 Å². The van der Waals surface area contributed by atoms with E-state index in [0.29, 0.717) is 5.56 Å². The Morgan fingerprint density at radius 2 is 1.90 bits per heavy atom. The molecule has 21 heavy (non-hydrogen) atoms. The summed E-state index contributed by atoms with van der Waals surface area (Å²) < 4.78 is 1.06. The lowest BCUT2D eigenvalue weighted by Crippen LogP contribution is -2.45. The van der Waals surface area contributed by atoms with Crippen molar-refractivity contribution in [2.24, 2.45) is 5.41 Å². The number of benzene rings is 1. The number of aromatic nitrogens is 1. The molecule has 2 rings (SSSR count). The van der Waals surface area contributed by atoms with E-state index in [9.17, 15) is 4.79 Å². The van der Waals surface area contributed by atoms with Crippen LogP contribution in [0.5, 0.6) is 0 Å². The molecular weight excluding hydrogens is 280 g/mol. The van der Waals surface area contributed by atoms with Crippen LogP contribution >= 0.6 is 11.3 Å². The molecule has 0 aliphatic rings. The van der Waals surface area contributed by atoms with Crippen LogP contribution in [0, 0.1) is 12.3 Å². The Labute approximate surface area is 130 Å². The molecule has 0 bridgehead atoms. The largest absolute Gasteiger partial charge is 0.347 e. The van der Waals surface area contributed by atoms with E-state index < -0.39 is 0 Å². The molecule has 1 heterocycles. The number of carbonyl (C=O) groups excluding carboxylic acids is 1. The van der Waals surface area contributed by atoms with Crippen LogP contribution in [-0.4, -0.2) is 16.4 Å². The standard InChI is InChI=1S/C17H24N2OS/c1-11-18-13-8-7-12(9-14(13)21-11)15(20)19-17(5,6)10-16(2,3)4/h7-9H,10H2,1-6H3,(H,19,20). The molecule has 0 unspecified atom stereocenters. The van der Waals surface area contributed by atoms with Crippen molar-refractivity contribution < 1.29 is 4.79 Å². The van der Waals surface area contributed by atoms with Gasteiger partial charge in [0.25, 0.3) is 5.91 Å². The van der Waals surface area contributed by atoms with Crippen molar-refractivity contribution in [3.8, 4) is 0 Å². The van der Waals surface area contributed by atoms with Crippen molar-refractivity contribution in [1.82, 2.24) is 10.3 Å². The third-order valence-corrected chi connectivity index (χ3v) is 4.12. The highest BCUT2D eigenvalue weighted by molar-refractivity contribution is 7.18. The fourth-order valence-corrected chi connectivity index (χ4v) is 3.80. The van der Waals surface area contributed by atoms with Gasteiger partial charge in [0.05, 0.1) is 15.2 Å². The van der Waals surface area contributed by atoms with Crippen LogP contribution in [0.1, 0.15) is 56.4 Å². The van der Waals surface area contributed by atoms with Crippen molar-refractivity contribution in [1.29, 1.82) is 0 Å². The van der Waals surface area contributed by atoms with Crippen LogP contribution in [0.15, 0.2) is 18.2 Å². The van der Waals surface area contributed by atoms with E-state index in [4.69, 9.17) is 0 Å². The fraction of sp³-hybridized carbons (Fsp3) is 0.529. The second-order valence-corrected chi connectivity index (χ2v) is 8.73. The van der Waals surface area contributed by atoms with Crippen molar-refractivity contribution in [3.05, 3.63) is 28.8 Å². The number of hydrogen-bond donors (Lipinski definition) is 1. The van der Waals surface area contributed by atoms with Gasteiger partial charge in [-0.15, -0.1) is 11.3 Å². The fourth-order valence-electron chi connectivity index (χ4n) is 2.93. The summed E-state index contributed by atoms with van der Waals surface area (Å²) in [4.78, 5) is 16.9. The molecule has 4 heteroatoms. The zero-order valence-electron chi connectivity index (χ0n) is 13.7. The SMILES string of the molecule is Cc1nc2ccc(C(=O)NC(C)(C)CC(C)(C)C)cc2s1. The van der Waals surface area contributed by atoms with Gasteiger partial charge in [-0.2, -0.15) is 0 Å². The first-order valence-electron chi connectivity index (χ1n) is 7.25. The molecular formula is C17H24N2OS. The number of aryl methyl sites for hydroxylation is 1. The third kappa shape index (κ3) is 4.27. The predicted octanol–water partition coefficient (Wildman–Crippen LogP) is 4.55. The lowest BCUT2D eigenvalue weighted by atomic mass is 9.81. The molecule has 1 aromatic heterocycles. The maximum absolute atomic E-state index is 12.5. The summed E-state index contributed by atoms with van der Waals surface area (Å²) in [5.41, 5.74) is 1.61. The molecule has 1 aromatic carbocycles. The first-order valence-corrected chi connectivity index (χ1v) is 8.07. The molecule has 1 N–H and O–H groups in total. The lowest BCUT2D eigenvalue weighted by Gasteiger charge is -2.33. The van der Waals surface area contributed by atoms with E-state index in [1.807, 2.05) is 25.1 Å². The van der Waals surface area contributed by atoms with Gasteiger partial charge in [-0.25, -0.2) is 4.98 Å². The normalized spacial score (nSPS) is 12.7. The maximum Gasteiger partial charge on any atom is 0.251 e. The minimum absolute atomic E-state index is 0.0165. The van der Waals surface area contributed by atoms with Gasteiger partial charge in [0.15, 0.2) is 0 Å². The molecule has 1 amide bonds. The highest BCUT2D eigenvalue weighted by Crippen LogP contribution is 2.27. The summed E-state index contributed by atoms with van der Waals surface area (Å²) in [5, 5.41) is 4.17. The molecule has 0 radical (unpaired) electrons. The summed E-state index contributed by atoms with van der Waals surface area (Å²) in [6.45, 7) is 12.7. The summed E-state index contributed by atoms with van der Waals surface area (Å²) >= 11 is 1.62. The van der Waals surface area contributed by atoms with Crippen LogP contribution in [-0.2, 0) is 0 Å². The van der Waals surface area contributed by atoms with Crippen LogP contribution in [0.3, 0.4) is 0 Å². The Hall–Kier alpha value is -1.42. The van der Waals surface area contributed by atoms with E-state index in [0.717, 1.165) is 21.6 Å². The minimum atomic E-state index is -0.228. The highest BCUT2D eigenvalue weighted by Gasteiger charge is 2.27. The monoisotopic (exact) mass is 304 g/mol. The van der Waals surface area contributed by atoms with Gasteiger partial charge < -0.3 is 5.32 Å². The van der Waals surface area contributed by atoms with Crippen molar-refractivity contribution in [2.75, 3.05) is 0 Å². The number of hydrogen-bond acceptors (Lipinski definition) is 3. The maximum atomic E-state index is 12.5. The number of nitrogens with one attached hydrogen (secondary N) is 1. The van der Waals surface area contributed by atoms with E-state index in [-0.39, 0.29) is 16.9 Å². The first kappa shape index (κ1) is 16.0. The number of nitrogens with zero attached hydrogens (tertiary/aromatic N) is 1. The lowest BCUT2D eigenvalue weighted by molar-refractivity contribution is 0.0891. The minimum Gasteiger partial charge on any atom is -0.347 e. The average Bonchev–Trinajstić information content (AvgIpc) is 2.63. The number of fused-ring (bicyclic) bond motifs is 1. The molecule has 0 fully saturated rings. The number of amides is 1. The Bertz CT molecular complexity index is 665. The van der Waals surface area contributed by atoms with Crippen LogP contribution in [0.2, 0.25) is 0 Å². The van der Waals surface area contributed by atoms with Gasteiger partial charge in [-0.3, -0.25) is 4.79 Å². The van der Waals surface area contributed by atoms with Crippen molar-refractivity contribution in [3.63, 3.8) is 0 Å². The Morgan fingerprint density at radius 1 is 1.24 bits per heavy atom. The Morgan fingerprint density at radius 3 is 2.52 bits per heavy atom. The zero-order valence-corrected chi connectivity index (χ0v) is 14.5. The van der Waals surface area contributed by atoms with E-state index >= 15 is 0 Å². The molecule has 0 saturated heterocycles. The quantitative estimate of drug-likeness (QED) is 0.904. The Kier molecular flexibility index (Phi) is 4.11. The molecule has 0 saturated carbocycles. The van der Waals surface area contributed by atoms with Gasteiger partial charge in [0.1, 0.15) is 0 Å². The summed E-state index contributed by atoms with van der Waals surface area (Å²) in [7, 11) is 0. The Balaban J connectivity index is 2.18. The molecule has 0 aliphatic heterocycles. The molecule has 114 valence electrons. The average molecular weight is 304 g/mol. The molecule has 0 atom stereocenters. The second kappa shape index (κ2) is 5.41. The van der Waals surface area contributed by atoms with Gasteiger partial charge in [0, 0.05) is 11.1 Å². The molecule has 2 aromatic rings. The van der Waals surface area contributed by atoms with Crippen LogP contribution < -0.4 is 5.32 Å². The van der Waals surface area contributed by atoms with E-state index in [1.165, 1.54) is 0 Å². The van der Waals surface area contributed by atoms with Gasteiger partial charge in [-0.1, -0.05) is 20.8 Å². The van der Waals surface area contributed by atoms with Gasteiger partial charge >= 0.3 is 0 Å². The second-order valence-electron chi connectivity index (χ2n) is 7.49. The van der Waals surface area contributed by atoms with E-state index in [2.05, 4.69) is 44.9 Å². The third-order valence-electron chi connectivity index (χ3n) is 3.18. The summed E-state index contributed by atoms with van der Waals surface area (Å²) in [6.07, 6.45) is 0.924. The summed E-state index contributed by atoms with van der Waals surface area (Å²) in [6, 6.07) is 5.71. The molecule has 0 aliphatic carbocycles. The van der Waals surface area contributed by atoms with E-state index in [1.54, 1.807) is 11.3 Å². The highest BCUT2D eigenvalue weighted by atomic mass is 32.1.